The fourth-order valence-electron chi connectivity index (χ4n) is 4.06. The van der Waals surface area contributed by atoms with E-state index in [1.807, 2.05) is 6.07 Å². The van der Waals surface area contributed by atoms with E-state index in [0.717, 1.165) is 31.9 Å². The number of carbonyl (C=O) groups is 1. The van der Waals surface area contributed by atoms with Crippen LogP contribution < -0.4 is 45.9 Å². The molecular formula is C25H32N8O5. The Hall–Kier alpha value is -4.65. The highest BCUT2D eigenvalue weighted by Crippen LogP contribution is 2.38. The molecule has 0 radical (unpaired) electrons. The van der Waals surface area contributed by atoms with Crippen LogP contribution in [-0.2, 0) is 0 Å². The van der Waals surface area contributed by atoms with E-state index in [1.54, 1.807) is 31.4 Å². The van der Waals surface area contributed by atoms with E-state index < -0.39 is 6.09 Å². The number of methoxy groups -OCH3 is 3. The van der Waals surface area contributed by atoms with Gasteiger partial charge in [-0.3, -0.25) is 0 Å². The van der Waals surface area contributed by atoms with Gasteiger partial charge in [-0.05, 0) is 25.2 Å². The lowest BCUT2D eigenvalue weighted by Crippen LogP contribution is -2.44. The van der Waals surface area contributed by atoms with E-state index in [2.05, 4.69) is 37.4 Å². The maximum atomic E-state index is 11.2. The normalized spacial score (nSPS) is 13.5. The third kappa shape index (κ3) is 6.00. The second-order valence-corrected chi connectivity index (χ2v) is 8.55. The van der Waals surface area contributed by atoms with E-state index in [4.69, 9.17) is 30.4 Å². The number of nitrogens with zero attached hydrogens (tertiary/aromatic N) is 4. The number of likely N-dealkylation sites (N-methyl/N-ethyl adjacent to an activating group) is 1. The zero-order valence-corrected chi connectivity index (χ0v) is 21.8. The summed E-state index contributed by atoms with van der Waals surface area (Å²) >= 11 is 0. The summed E-state index contributed by atoms with van der Waals surface area (Å²) in [5.74, 6) is 2.27. The first-order valence-electron chi connectivity index (χ1n) is 11.8. The van der Waals surface area contributed by atoms with Crippen LogP contribution in [0.3, 0.4) is 0 Å². The number of amides is 1. The van der Waals surface area contributed by atoms with Crippen molar-refractivity contribution in [3.05, 3.63) is 36.5 Å². The number of hydrogen-bond acceptors (Lipinski definition) is 12. The van der Waals surface area contributed by atoms with Crippen molar-refractivity contribution < 1.29 is 23.7 Å². The minimum Gasteiger partial charge on any atom is -0.495 e. The molecule has 1 aliphatic heterocycles. The average Bonchev–Trinajstić information content (AvgIpc) is 2.89. The summed E-state index contributed by atoms with van der Waals surface area (Å²) in [4.78, 5) is 24.6. The Bertz CT molecular complexity index is 1300. The van der Waals surface area contributed by atoms with Crippen molar-refractivity contribution in [1.82, 2.24) is 14.9 Å². The van der Waals surface area contributed by atoms with E-state index in [0.29, 0.717) is 40.1 Å². The molecule has 1 aliphatic rings. The molecule has 0 unspecified atom stereocenters. The number of benzene rings is 2. The monoisotopic (exact) mass is 524 g/mol. The maximum Gasteiger partial charge on any atom is 0.409 e. The lowest BCUT2D eigenvalue weighted by molar-refractivity contribution is 0.211. The Morgan fingerprint density at radius 1 is 0.921 bits per heavy atom. The molecule has 38 heavy (non-hydrogen) atoms. The second-order valence-electron chi connectivity index (χ2n) is 8.55. The molecule has 0 spiro atoms. The van der Waals surface area contributed by atoms with Gasteiger partial charge in [0, 0.05) is 38.3 Å². The first kappa shape index (κ1) is 26.4. The highest BCUT2D eigenvalue weighted by atomic mass is 16.5. The van der Waals surface area contributed by atoms with Gasteiger partial charge >= 0.3 is 6.09 Å². The molecule has 0 aliphatic carbocycles. The van der Waals surface area contributed by atoms with Crippen LogP contribution in [0.25, 0.3) is 0 Å². The Labute approximate surface area is 220 Å². The largest absolute Gasteiger partial charge is 0.495 e. The number of piperazine rings is 1. The van der Waals surface area contributed by atoms with Gasteiger partial charge in [0.1, 0.15) is 17.2 Å². The molecule has 0 atom stereocenters. The number of carbonyl (C=O) groups excluding carboxylic acids is 1. The number of aromatic nitrogens is 2. The molecule has 202 valence electrons. The lowest BCUT2D eigenvalue weighted by atomic mass is 10.2. The van der Waals surface area contributed by atoms with Gasteiger partial charge < -0.3 is 50.8 Å². The Balaban J connectivity index is 1.62. The number of primary amides is 1. The van der Waals surface area contributed by atoms with Crippen molar-refractivity contribution in [2.45, 2.75) is 0 Å². The van der Waals surface area contributed by atoms with Crippen LogP contribution in [0, 0.1) is 0 Å². The Kier molecular flexibility index (Phi) is 8.06. The van der Waals surface area contributed by atoms with Crippen LogP contribution in [0.1, 0.15) is 0 Å². The summed E-state index contributed by atoms with van der Waals surface area (Å²) in [7, 11) is 6.72. The Morgan fingerprint density at radius 2 is 1.61 bits per heavy atom. The van der Waals surface area contributed by atoms with E-state index in [9.17, 15) is 4.79 Å². The van der Waals surface area contributed by atoms with Crippen LogP contribution >= 0.6 is 0 Å². The van der Waals surface area contributed by atoms with Crippen LogP contribution in [0.15, 0.2) is 36.5 Å². The maximum absolute atomic E-state index is 11.2. The zero-order chi connectivity index (χ0) is 27.2. The van der Waals surface area contributed by atoms with E-state index in [-0.39, 0.29) is 11.7 Å². The quantitative estimate of drug-likeness (QED) is 0.303. The van der Waals surface area contributed by atoms with Crippen molar-refractivity contribution >= 4 is 40.6 Å². The molecule has 13 heteroatoms. The summed E-state index contributed by atoms with van der Waals surface area (Å²) in [6, 6.07) is 8.46. The molecule has 6 N–H and O–H groups in total. The zero-order valence-electron chi connectivity index (χ0n) is 21.8. The van der Waals surface area contributed by atoms with Crippen molar-refractivity contribution in [3.8, 4) is 23.0 Å². The number of nitrogen functional groups attached to an aromatic ring is 1. The van der Waals surface area contributed by atoms with Gasteiger partial charge in [-0.25, -0.2) is 9.78 Å². The fraction of sp³-hybridized carbons (Fsp3) is 0.320. The lowest BCUT2D eigenvalue weighted by Gasteiger charge is -2.35. The molecule has 3 aromatic rings. The molecular weight excluding hydrogens is 492 g/mol. The molecule has 13 nitrogen and oxygen atoms in total. The van der Waals surface area contributed by atoms with Gasteiger partial charge in [0.2, 0.25) is 5.95 Å². The highest BCUT2D eigenvalue weighted by Gasteiger charge is 2.20. The highest BCUT2D eigenvalue weighted by molar-refractivity contribution is 5.80. The molecule has 0 bridgehead atoms. The number of nitrogens with two attached hydrogens (primary N) is 2. The Morgan fingerprint density at radius 3 is 2.26 bits per heavy atom. The second kappa shape index (κ2) is 11.6. The van der Waals surface area contributed by atoms with Crippen molar-refractivity contribution in [3.63, 3.8) is 0 Å². The summed E-state index contributed by atoms with van der Waals surface area (Å²) in [5, 5.41) is 6.32. The van der Waals surface area contributed by atoms with Crippen LogP contribution in [-0.4, -0.2) is 75.5 Å². The number of nitrogens with one attached hydrogen (secondary N) is 2. The van der Waals surface area contributed by atoms with Crippen molar-refractivity contribution in [1.29, 1.82) is 0 Å². The minimum absolute atomic E-state index is 0.229. The van der Waals surface area contributed by atoms with Gasteiger partial charge in [0.25, 0.3) is 0 Å². The van der Waals surface area contributed by atoms with Gasteiger partial charge in [0.15, 0.2) is 11.6 Å². The molecule has 1 fully saturated rings. The predicted octanol–water partition coefficient (Wildman–Crippen LogP) is 2.78. The number of rotatable bonds is 9. The molecule has 4 rings (SSSR count). The predicted molar refractivity (Wildman–Crippen MR) is 145 cm³/mol. The van der Waals surface area contributed by atoms with Gasteiger partial charge in [-0.2, -0.15) is 4.98 Å². The van der Waals surface area contributed by atoms with Gasteiger partial charge in [-0.15, -0.1) is 0 Å². The molecule has 1 saturated heterocycles. The molecule has 1 aromatic heterocycles. The first-order chi connectivity index (χ1) is 18.3. The summed E-state index contributed by atoms with van der Waals surface area (Å²) in [5.41, 5.74) is 14.2. The van der Waals surface area contributed by atoms with Crippen molar-refractivity contribution in [2.75, 3.05) is 75.8 Å². The fourth-order valence-corrected chi connectivity index (χ4v) is 4.06. The summed E-state index contributed by atoms with van der Waals surface area (Å²) in [6.45, 7) is 3.67. The number of ether oxygens (including phenoxy) is 4. The number of hydrogen-bond donors (Lipinski definition) is 4. The van der Waals surface area contributed by atoms with E-state index >= 15 is 0 Å². The van der Waals surface area contributed by atoms with Gasteiger partial charge in [0.05, 0.1) is 50.3 Å². The molecule has 2 aromatic carbocycles. The molecule has 0 saturated carbocycles. The molecule has 1 amide bonds. The summed E-state index contributed by atoms with van der Waals surface area (Å²) in [6.07, 6.45) is 0.585. The van der Waals surface area contributed by atoms with Gasteiger partial charge in [-0.1, -0.05) is 0 Å². The third-order valence-corrected chi connectivity index (χ3v) is 6.06. The van der Waals surface area contributed by atoms with Crippen LogP contribution in [0.5, 0.6) is 23.0 Å². The smallest absolute Gasteiger partial charge is 0.409 e. The first-order valence-corrected chi connectivity index (χ1v) is 11.8. The van der Waals surface area contributed by atoms with Crippen LogP contribution in [0.2, 0.25) is 0 Å². The summed E-state index contributed by atoms with van der Waals surface area (Å²) < 4.78 is 21.5. The SMILES string of the molecule is COc1cc(N2CCN(C)CC2)c(N)cc1Nc1ncc(OC)c(Nc2cc(OC(N)=O)ccc2OC)n1. The van der Waals surface area contributed by atoms with E-state index in [1.165, 1.54) is 20.4 Å². The standard InChI is InChI=1S/C25H32N8O5/c1-32-7-9-33(10-8-32)19-13-21(36-3)18(12-16(19)26)30-25-28-14-22(37-4)23(31-25)29-17-11-15(38-24(27)34)5-6-20(17)35-2/h5-6,11-14H,7-10,26H2,1-4H3,(H2,27,34)(H2,28,29,30,31). The molecule has 2 heterocycles. The van der Waals surface area contributed by atoms with Crippen LogP contribution in [0.4, 0.5) is 39.3 Å². The number of anilines is 6. The third-order valence-electron chi connectivity index (χ3n) is 6.06. The average molecular weight is 525 g/mol. The minimum atomic E-state index is -0.931. The van der Waals surface area contributed by atoms with Crippen molar-refractivity contribution in [2.24, 2.45) is 5.73 Å². The topological polar surface area (TPSA) is 162 Å².